The molecule has 1 aromatic carbocycles. The van der Waals surface area contributed by atoms with Gasteiger partial charge in [0.15, 0.2) is 6.61 Å². The first-order valence-corrected chi connectivity index (χ1v) is 7.16. The fraction of sp³-hybridized carbons (Fsp3) is 0.500. The molecule has 1 atom stereocenters. The van der Waals surface area contributed by atoms with Crippen LogP contribution in [0, 0.1) is 5.92 Å². The van der Waals surface area contributed by atoms with Crippen molar-refractivity contribution in [3.8, 4) is 5.75 Å². The van der Waals surface area contributed by atoms with E-state index in [-0.39, 0.29) is 18.6 Å². The van der Waals surface area contributed by atoms with Crippen molar-refractivity contribution < 1.29 is 9.53 Å². The molecule has 0 bridgehead atoms. The van der Waals surface area contributed by atoms with E-state index >= 15 is 0 Å². The van der Waals surface area contributed by atoms with Crippen molar-refractivity contribution in [1.29, 1.82) is 0 Å². The third-order valence-corrected chi connectivity index (χ3v) is 3.08. The van der Waals surface area contributed by atoms with Gasteiger partial charge in [-0.25, -0.2) is 0 Å². The Labute approximate surface area is 124 Å². The second kappa shape index (κ2) is 8.28. The zero-order chi connectivity index (χ0) is 14.3. The Morgan fingerprint density at radius 3 is 2.74 bits per heavy atom. The van der Waals surface area contributed by atoms with Crippen LogP contribution in [0.2, 0.25) is 5.02 Å². The standard InChI is InChI=1S/C14H19Cl2NO2/c1-10(2)6-12(8-15)17-14(18)9-19-13-5-3-4-11(16)7-13/h3-5,7,10,12H,6,8-9H2,1-2H3,(H,17,18). The Morgan fingerprint density at radius 1 is 1.42 bits per heavy atom. The van der Waals surface area contributed by atoms with Crippen LogP contribution in [0.15, 0.2) is 24.3 Å². The van der Waals surface area contributed by atoms with Crippen LogP contribution in [0.4, 0.5) is 0 Å². The van der Waals surface area contributed by atoms with Crippen molar-refractivity contribution in [2.45, 2.75) is 26.3 Å². The van der Waals surface area contributed by atoms with Gasteiger partial charge in [0, 0.05) is 16.9 Å². The number of hydrogen-bond acceptors (Lipinski definition) is 2. The monoisotopic (exact) mass is 303 g/mol. The first-order chi connectivity index (χ1) is 9.01. The lowest BCUT2D eigenvalue weighted by Gasteiger charge is -2.18. The number of nitrogens with one attached hydrogen (secondary N) is 1. The van der Waals surface area contributed by atoms with Gasteiger partial charge in [-0.15, -0.1) is 11.6 Å². The Bertz CT molecular complexity index is 410. The van der Waals surface area contributed by atoms with E-state index < -0.39 is 0 Å². The van der Waals surface area contributed by atoms with E-state index in [1.54, 1.807) is 24.3 Å². The Morgan fingerprint density at radius 2 is 2.16 bits per heavy atom. The van der Waals surface area contributed by atoms with E-state index in [4.69, 9.17) is 27.9 Å². The van der Waals surface area contributed by atoms with E-state index in [0.29, 0.717) is 22.6 Å². The lowest BCUT2D eigenvalue weighted by atomic mass is 10.1. The summed E-state index contributed by atoms with van der Waals surface area (Å²) in [5.74, 6) is 1.29. The summed E-state index contributed by atoms with van der Waals surface area (Å²) >= 11 is 11.6. The van der Waals surface area contributed by atoms with E-state index in [0.717, 1.165) is 6.42 Å². The molecule has 1 amide bonds. The van der Waals surface area contributed by atoms with Crippen LogP contribution in [0.25, 0.3) is 0 Å². The summed E-state index contributed by atoms with van der Waals surface area (Å²) < 4.78 is 5.36. The van der Waals surface area contributed by atoms with Gasteiger partial charge in [0.2, 0.25) is 0 Å². The molecule has 3 nitrogen and oxygen atoms in total. The molecule has 0 saturated carbocycles. The summed E-state index contributed by atoms with van der Waals surface area (Å²) in [7, 11) is 0. The predicted octanol–water partition coefficient (Wildman–Crippen LogP) is 3.49. The first kappa shape index (κ1) is 16.1. The third-order valence-electron chi connectivity index (χ3n) is 2.47. The Kier molecular flexibility index (Phi) is 7.03. The predicted molar refractivity (Wildman–Crippen MR) is 79.1 cm³/mol. The highest BCUT2D eigenvalue weighted by Crippen LogP contribution is 2.16. The maximum atomic E-state index is 11.7. The minimum absolute atomic E-state index is 0.0165. The average Bonchev–Trinajstić information content (AvgIpc) is 2.35. The van der Waals surface area contributed by atoms with E-state index in [2.05, 4.69) is 19.2 Å². The molecule has 0 aliphatic heterocycles. The van der Waals surface area contributed by atoms with Crippen LogP contribution in [0.1, 0.15) is 20.3 Å². The van der Waals surface area contributed by atoms with Gasteiger partial charge in [0.05, 0.1) is 0 Å². The lowest BCUT2D eigenvalue weighted by Crippen LogP contribution is -2.39. The van der Waals surface area contributed by atoms with Gasteiger partial charge in [-0.05, 0) is 30.5 Å². The van der Waals surface area contributed by atoms with E-state index in [1.165, 1.54) is 0 Å². The molecule has 0 aliphatic rings. The van der Waals surface area contributed by atoms with Crippen molar-refractivity contribution in [1.82, 2.24) is 5.32 Å². The van der Waals surface area contributed by atoms with Gasteiger partial charge in [0.1, 0.15) is 5.75 Å². The molecule has 1 unspecified atom stereocenters. The number of carbonyl (C=O) groups is 1. The zero-order valence-corrected chi connectivity index (χ0v) is 12.7. The second-order valence-electron chi connectivity index (χ2n) is 4.79. The van der Waals surface area contributed by atoms with Crippen molar-refractivity contribution >= 4 is 29.1 Å². The highest BCUT2D eigenvalue weighted by Gasteiger charge is 2.13. The quantitative estimate of drug-likeness (QED) is 0.783. The number of halogens is 2. The molecule has 0 aliphatic carbocycles. The molecule has 19 heavy (non-hydrogen) atoms. The van der Waals surface area contributed by atoms with Crippen molar-refractivity contribution in [3.63, 3.8) is 0 Å². The zero-order valence-electron chi connectivity index (χ0n) is 11.2. The number of hydrogen-bond donors (Lipinski definition) is 1. The van der Waals surface area contributed by atoms with E-state index in [1.807, 2.05) is 0 Å². The topological polar surface area (TPSA) is 38.3 Å². The van der Waals surface area contributed by atoms with Crippen LogP contribution >= 0.6 is 23.2 Å². The SMILES string of the molecule is CC(C)CC(CCl)NC(=O)COc1cccc(Cl)c1. The van der Waals surface area contributed by atoms with Crippen LogP contribution in [-0.4, -0.2) is 24.4 Å². The molecular formula is C14H19Cl2NO2. The van der Waals surface area contributed by atoms with Gasteiger partial charge in [-0.1, -0.05) is 31.5 Å². The minimum atomic E-state index is -0.175. The number of ether oxygens (including phenoxy) is 1. The smallest absolute Gasteiger partial charge is 0.258 e. The molecule has 1 aromatic rings. The first-order valence-electron chi connectivity index (χ1n) is 6.25. The van der Waals surface area contributed by atoms with Crippen molar-refractivity contribution in [2.24, 2.45) is 5.92 Å². The Hall–Kier alpha value is -0.930. The molecular weight excluding hydrogens is 285 g/mol. The van der Waals surface area contributed by atoms with Gasteiger partial charge in [-0.3, -0.25) is 4.79 Å². The normalized spacial score (nSPS) is 12.3. The number of rotatable bonds is 7. The average molecular weight is 304 g/mol. The van der Waals surface area contributed by atoms with E-state index in [9.17, 15) is 4.79 Å². The summed E-state index contributed by atoms with van der Waals surface area (Å²) in [6.07, 6.45) is 0.854. The summed E-state index contributed by atoms with van der Waals surface area (Å²) in [4.78, 5) is 11.7. The third kappa shape index (κ3) is 6.69. The number of carbonyl (C=O) groups excluding carboxylic acids is 1. The molecule has 0 heterocycles. The van der Waals surface area contributed by atoms with Crippen molar-refractivity contribution in [3.05, 3.63) is 29.3 Å². The molecule has 1 N–H and O–H groups in total. The number of alkyl halides is 1. The Balaban J connectivity index is 2.38. The van der Waals surface area contributed by atoms with Gasteiger partial charge < -0.3 is 10.1 Å². The maximum Gasteiger partial charge on any atom is 0.258 e. The minimum Gasteiger partial charge on any atom is -0.484 e. The summed E-state index contributed by atoms with van der Waals surface area (Å²) in [5, 5.41) is 3.43. The fourth-order valence-electron chi connectivity index (χ4n) is 1.70. The molecule has 0 fully saturated rings. The molecule has 5 heteroatoms. The van der Waals surface area contributed by atoms with Crippen LogP contribution < -0.4 is 10.1 Å². The molecule has 1 rings (SSSR count). The summed E-state index contributed by atoms with van der Waals surface area (Å²) in [6.45, 7) is 4.15. The van der Waals surface area contributed by atoms with Crippen LogP contribution in [0.3, 0.4) is 0 Å². The highest BCUT2D eigenvalue weighted by atomic mass is 35.5. The molecule has 0 radical (unpaired) electrons. The van der Waals surface area contributed by atoms with Crippen molar-refractivity contribution in [2.75, 3.05) is 12.5 Å². The summed E-state index contributed by atoms with van der Waals surface area (Å²) in [6, 6.07) is 6.93. The lowest BCUT2D eigenvalue weighted by molar-refractivity contribution is -0.123. The molecule has 0 spiro atoms. The maximum absolute atomic E-state index is 11.7. The fourth-order valence-corrected chi connectivity index (χ4v) is 2.09. The van der Waals surface area contributed by atoms with Crippen LogP contribution in [-0.2, 0) is 4.79 Å². The molecule has 0 saturated heterocycles. The van der Waals surface area contributed by atoms with Crippen LogP contribution in [0.5, 0.6) is 5.75 Å². The summed E-state index contributed by atoms with van der Waals surface area (Å²) in [5.41, 5.74) is 0. The van der Waals surface area contributed by atoms with Gasteiger partial charge in [0.25, 0.3) is 5.91 Å². The largest absolute Gasteiger partial charge is 0.484 e. The molecule has 106 valence electrons. The number of benzene rings is 1. The second-order valence-corrected chi connectivity index (χ2v) is 5.54. The highest BCUT2D eigenvalue weighted by molar-refractivity contribution is 6.30. The van der Waals surface area contributed by atoms with Gasteiger partial charge in [-0.2, -0.15) is 0 Å². The van der Waals surface area contributed by atoms with Gasteiger partial charge >= 0.3 is 0 Å². The number of amides is 1. The molecule has 0 aromatic heterocycles.